The number of rotatable bonds is 6. The Balaban J connectivity index is 2.06. The van der Waals surface area contributed by atoms with Gasteiger partial charge in [-0.3, -0.25) is 4.98 Å². The average molecular weight is 421 g/mol. The highest BCUT2D eigenvalue weighted by molar-refractivity contribution is 6.09. The first-order chi connectivity index (χ1) is 14.8. The van der Waals surface area contributed by atoms with Crippen LogP contribution in [0.3, 0.4) is 0 Å². The number of methoxy groups -OCH3 is 1. The lowest BCUT2D eigenvalue weighted by molar-refractivity contribution is 0.0485. The standard InChI is InChI=1S/C24H27N3O4/c1-13(2)22-20(17-8-6-7-11-27(17)26-22)21-18(23(28)30-5)14(3)25-15(4)19(21)24(29)31-12-16-9-10-16/h6-8,11,13,16H,9-10,12H2,1-5H3. The quantitative estimate of drug-likeness (QED) is 0.546. The summed E-state index contributed by atoms with van der Waals surface area (Å²) >= 11 is 0. The summed E-state index contributed by atoms with van der Waals surface area (Å²) < 4.78 is 12.5. The van der Waals surface area contributed by atoms with E-state index in [-0.39, 0.29) is 11.5 Å². The van der Waals surface area contributed by atoms with Gasteiger partial charge in [0, 0.05) is 17.3 Å². The van der Waals surface area contributed by atoms with Gasteiger partial charge in [-0.25, -0.2) is 14.1 Å². The molecule has 1 aliphatic carbocycles. The second-order valence-electron chi connectivity index (χ2n) is 8.39. The molecule has 0 unspecified atom stereocenters. The first-order valence-corrected chi connectivity index (χ1v) is 10.6. The smallest absolute Gasteiger partial charge is 0.340 e. The number of carbonyl (C=O) groups excluding carboxylic acids is 2. The summed E-state index contributed by atoms with van der Waals surface area (Å²) in [6.45, 7) is 7.98. The summed E-state index contributed by atoms with van der Waals surface area (Å²) in [6, 6.07) is 5.73. The van der Waals surface area contributed by atoms with Crippen molar-refractivity contribution >= 4 is 17.5 Å². The van der Waals surface area contributed by atoms with E-state index in [1.54, 1.807) is 18.4 Å². The first-order valence-electron chi connectivity index (χ1n) is 10.6. The molecule has 7 nitrogen and oxygen atoms in total. The molecular weight excluding hydrogens is 394 g/mol. The largest absolute Gasteiger partial charge is 0.465 e. The molecule has 1 fully saturated rings. The van der Waals surface area contributed by atoms with Crippen LogP contribution in [0.25, 0.3) is 16.6 Å². The second-order valence-corrected chi connectivity index (χ2v) is 8.39. The molecule has 0 aliphatic heterocycles. The molecule has 3 aromatic heterocycles. The Hall–Kier alpha value is -3.22. The molecule has 7 heteroatoms. The molecule has 0 saturated heterocycles. The third-order valence-electron chi connectivity index (χ3n) is 5.66. The summed E-state index contributed by atoms with van der Waals surface area (Å²) in [6.07, 6.45) is 4.00. The molecule has 31 heavy (non-hydrogen) atoms. The molecule has 0 amide bonds. The van der Waals surface area contributed by atoms with Crippen LogP contribution in [0.1, 0.15) is 70.4 Å². The molecule has 3 aromatic rings. The van der Waals surface area contributed by atoms with E-state index in [9.17, 15) is 9.59 Å². The van der Waals surface area contributed by atoms with Crippen LogP contribution in [0.5, 0.6) is 0 Å². The molecule has 1 saturated carbocycles. The number of hydrogen-bond acceptors (Lipinski definition) is 6. The van der Waals surface area contributed by atoms with Crippen LogP contribution in [0.4, 0.5) is 0 Å². The van der Waals surface area contributed by atoms with Gasteiger partial charge in [-0.2, -0.15) is 5.10 Å². The van der Waals surface area contributed by atoms with Gasteiger partial charge < -0.3 is 9.47 Å². The Kier molecular flexibility index (Phi) is 5.52. The Labute approximate surface area is 181 Å². The molecule has 0 N–H and O–H groups in total. The lowest BCUT2D eigenvalue weighted by Crippen LogP contribution is -2.18. The number of ether oxygens (including phenoxy) is 2. The fraction of sp³-hybridized carbons (Fsp3) is 0.417. The predicted octanol–water partition coefficient (Wildman–Crippen LogP) is 4.49. The zero-order chi connectivity index (χ0) is 22.3. The van der Waals surface area contributed by atoms with Crippen LogP contribution in [0.15, 0.2) is 24.4 Å². The number of nitrogens with zero attached hydrogens (tertiary/aromatic N) is 3. The van der Waals surface area contributed by atoms with Gasteiger partial charge in [0.15, 0.2) is 0 Å². The lowest BCUT2D eigenvalue weighted by atomic mass is 9.89. The summed E-state index contributed by atoms with van der Waals surface area (Å²) in [5.41, 5.74) is 4.41. The topological polar surface area (TPSA) is 82.8 Å². The van der Waals surface area contributed by atoms with Crippen molar-refractivity contribution in [3.63, 3.8) is 0 Å². The molecule has 4 rings (SSSR count). The number of hydrogen-bond donors (Lipinski definition) is 0. The summed E-state index contributed by atoms with van der Waals surface area (Å²) in [4.78, 5) is 30.7. The fourth-order valence-electron chi connectivity index (χ4n) is 3.93. The number of fused-ring (bicyclic) bond motifs is 1. The van der Waals surface area contributed by atoms with Crippen molar-refractivity contribution in [3.05, 3.63) is 52.6 Å². The molecule has 3 heterocycles. The molecule has 0 aromatic carbocycles. The number of aromatic nitrogens is 3. The van der Waals surface area contributed by atoms with E-state index in [1.165, 1.54) is 7.11 Å². The number of aryl methyl sites for hydroxylation is 2. The van der Waals surface area contributed by atoms with Crippen molar-refractivity contribution in [1.29, 1.82) is 0 Å². The Morgan fingerprint density at radius 2 is 1.77 bits per heavy atom. The minimum atomic E-state index is -0.541. The van der Waals surface area contributed by atoms with Crippen molar-refractivity contribution in [2.75, 3.05) is 13.7 Å². The highest BCUT2D eigenvalue weighted by atomic mass is 16.5. The minimum absolute atomic E-state index is 0.0597. The number of esters is 2. The molecule has 0 bridgehead atoms. The van der Waals surface area contributed by atoms with Gasteiger partial charge in [0.2, 0.25) is 0 Å². The lowest BCUT2D eigenvalue weighted by Gasteiger charge is -2.18. The van der Waals surface area contributed by atoms with E-state index in [2.05, 4.69) is 4.98 Å². The van der Waals surface area contributed by atoms with Gasteiger partial charge in [0.1, 0.15) is 0 Å². The maximum atomic E-state index is 13.3. The number of pyridine rings is 2. The van der Waals surface area contributed by atoms with Crippen LogP contribution >= 0.6 is 0 Å². The zero-order valence-electron chi connectivity index (χ0n) is 18.6. The van der Waals surface area contributed by atoms with E-state index in [1.807, 2.05) is 38.2 Å². The first kappa shape index (κ1) is 21.0. The van der Waals surface area contributed by atoms with Crippen molar-refractivity contribution in [2.24, 2.45) is 5.92 Å². The number of carbonyl (C=O) groups is 2. The van der Waals surface area contributed by atoms with Gasteiger partial charge in [0.25, 0.3) is 0 Å². The van der Waals surface area contributed by atoms with Crippen molar-refractivity contribution in [2.45, 2.75) is 46.5 Å². The highest BCUT2D eigenvalue weighted by Crippen LogP contribution is 2.40. The SMILES string of the molecule is COC(=O)c1c(C)nc(C)c(C(=O)OCC2CC2)c1-c1c(C(C)C)nn2ccccc12. The Morgan fingerprint density at radius 1 is 1.10 bits per heavy atom. The third kappa shape index (κ3) is 3.80. The third-order valence-corrected chi connectivity index (χ3v) is 5.66. The van der Waals surface area contributed by atoms with Gasteiger partial charge in [0.05, 0.1) is 47.4 Å². The van der Waals surface area contributed by atoms with Gasteiger partial charge >= 0.3 is 11.9 Å². The van der Waals surface area contributed by atoms with Crippen LogP contribution in [0, 0.1) is 19.8 Å². The summed E-state index contributed by atoms with van der Waals surface area (Å²) in [5, 5.41) is 4.75. The average Bonchev–Trinajstić information content (AvgIpc) is 3.48. The van der Waals surface area contributed by atoms with E-state index in [0.29, 0.717) is 35.0 Å². The van der Waals surface area contributed by atoms with Crippen LogP contribution < -0.4 is 0 Å². The summed E-state index contributed by atoms with van der Waals surface area (Å²) in [5.74, 6) is -0.526. The zero-order valence-corrected chi connectivity index (χ0v) is 18.6. The van der Waals surface area contributed by atoms with E-state index in [0.717, 1.165) is 29.6 Å². The van der Waals surface area contributed by atoms with Crippen molar-refractivity contribution < 1.29 is 19.1 Å². The second kappa shape index (κ2) is 8.13. The maximum Gasteiger partial charge on any atom is 0.340 e. The van der Waals surface area contributed by atoms with Gasteiger partial charge in [-0.1, -0.05) is 19.9 Å². The van der Waals surface area contributed by atoms with Crippen LogP contribution in [-0.2, 0) is 9.47 Å². The molecule has 162 valence electrons. The normalized spacial score (nSPS) is 13.6. The van der Waals surface area contributed by atoms with Crippen molar-refractivity contribution in [3.8, 4) is 11.1 Å². The highest BCUT2D eigenvalue weighted by Gasteiger charge is 2.32. The van der Waals surface area contributed by atoms with E-state index >= 15 is 0 Å². The van der Waals surface area contributed by atoms with Gasteiger partial charge in [-0.15, -0.1) is 0 Å². The maximum absolute atomic E-state index is 13.3. The van der Waals surface area contributed by atoms with E-state index < -0.39 is 11.9 Å². The molecule has 0 radical (unpaired) electrons. The monoisotopic (exact) mass is 421 g/mol. The Morgan fingerprint density at radius 3 is 2.39 bits per heavy atom. The summed E-state index contributed by atoms with van der Waals surface area (Å²) in [7, 11) is 1.33. The molecule has 1 aliphatic rings. The van der Waals surface area contributed by atoms with E-state index in [4.69, 9.17) is 14.6 Å². The van der Waals surface area contributed by atoms with Crippen molar-refractivity contribution in [1.82, 2.24) is 14.6 Å². The molecule has 0 atom stereocenters. The van der Waals surface area contributed by atoms with Crippen LogP contribution in [0.2, 0.25) is 0 Å². The minimum Gasteiger partial charge on any atom is -0.465 e. The van der Waals surface area contributed by atoms with Crippen LogP contribution in [-0.4, -0.2) is 40.3 Å². The Bertz CT molecular complexity index is 1180. The predicted molar refractivity (Wildman–Crippen MR) is 116 cm³/mol. The fourth-order valence-corrected chi connectivity index (χ4v) is 3.93. The molecule has 0 spiro atoms. The van der Waals surface area contributed by atoms with Gasteiger partial charge in [-0.05, 0) is 50.7 Å². The molecular formula is C24H27N3O4.